The Balaban J connectivity index is 0.782. The first-order valence-corrected chi connectivity index (χ1v) is 34.6. The largest absolute Gasteiger partial charge is 0.494 e. The molecule has 0 aromatic heterocycles. The zero-order chi connectivity index (χ0) is 65.8. The number of anilines is 6. The maximum absolute atomic E-state index is 6.35. The average molecular weight is 1270 g/mol. The van der Waals surface area contributed by atoms with Crippen LogP contribution in [-0.4, -0.2) is 13.2 Å². The monoisotopic (exact) mass is 1260 g/mol. The van der Waals surface area contributed by atoms with E-state index in [2.05, 4.69) is 326 Å². The van der Waals surface area contributed by atoms with Gasteiger partial charge in [-0.25, -0.2) is 0 Å². The molecule has 2 aliphatic rings. The fourth-order valence-corrected chi connectivity index (χ4v) is 16.1. The van der Waals surface area contributed by atoms with Gasteiger partial charge in [0.05, 0.1) is 24.6 Å². The van der Waals surface area contributed by atoms with Gasteiger partial charge in [0.2, 0.25) is 0 Å². The molecule has 4 heteroatoms. The molecule has 98 heavy (non-hydrogen) atoms. The lowest BCUT2D eigenvalue weighted by Gasteiger charge is -2.35. The van der Waals surface area contributed by atoms with E-state index >= 15 is 0 Å². The number of hydrogen-bond donors (Lipinski definition) is 0. The lowest BCUT2D eigenvalue weighted by molar-refractivity contribution is 0.301. The average Bonchev–Trinajstić information content (AvgIpc) is 1.54. The van der Waals surface area contributed by atoms with Crippen molar-refractivity contribution in [2.45, 2.75) is 49.4 Å². The van der Waals surface area contributed by atoms with Crippen molar-refractivity contribution in [3.05, 3.63) is 385 Å². The van der Waals surface area contributed by atoms with E-state index in [0.717, 1.165) is 106 Å². The summed E-state index contributed by atoms with van der Waals surface area (Å²) < 4.78 is 12.7. The SMILES string of the molecule is C=Cc1ccc(OCCCCC2(c3ccccc3)c3ccccc3-c3ccc(N(c4ccccc4)c4ccc(-c5ccc(N(c6ccccc6)c6ccc7c(c6)C(CCCCOc6ccc(C=C)cc6)(c6ccccc6)c6ccccc6-7)c6ccccc56)c5ccccc45)cc32)cc1. The zero-order valence-corrected chi connectivity index (χ0v) is 55.1. The van der Waals surface area contributed by atoms with Crippen LogP contribution in [0.5, 0.6) is 11.5 Å². The molecule has 0 saturated carbocycles. The van der Waals surface area contributed by atoms with Crippen LogP contribution in [0.4, 0.5) is 34.1 Å². The van der Waals surface area contributed by atoms with Crippen molar-refractivity contribution in [1.82, 2.24) is 0 Å². The number of benzene rings is 14. The first kappa shape index (κ1) is 61.2. The fourth-order valence-electron chi connectivity index (χ4n) is 16.1. The molecule has 0 fully saturated rings. The molecule has 14 aromatic carbocycles. The fraction of sp³-hybridized carbons (Fsp3) is 0.106. The minimum Gasteiger partial charge on any atom is -0.494 e. The Labute approximate surface area is 576 Å². The lowest BCUT2D eigenvalue weighted by Crippen LogP contribution is -2.27. The number of para-hydroxylation sites is 2. The molecule has 2 unspecified atom stereocenters. The summed E-state index contributed by atoms with van der Waals surface area (Å²) in [4.78, 5) is 4.97. The predicted octanol–water partition coefficient (Wildman–Crippen LogP) is 25.0. The Morgan fingerprint density at radius 2 is 0.612 bits per heavy atom. The van der Waals surface area contributed by atoms with Crippen LogP contribution in [0.15, 0.2) is 341 Å². The molecule has 0 saturated heterocycles. The molecular weight excluding hydrogens is 1190 g/mol. The molecule has 0 aliphatic heterocycles. The highest BCUT2D eigenvalue weighted by Gasteiger charge is 2.46. The van der Waals surface area contributed by atoms with E-state index in [1.807, 2.05) is 36.4 Å². The van der Waals surface area contributed by atoms with Gasteiger partial charge in [-0.05, 0) is 212 Å². The van der Waals surface area contributed by atoms with Crippen LogP contribution in [0.2, 0.25) is 0 Å². The number of rotatable bonds is 23. The van der Waals surface area contributed by atoms with E-state index in [4.69, 9.17) is 9.47 Å². The van der Waals surface area contributed by atoms with Gasteiger partial charge < -0.3 is 19.3 Å². The van der Waals surface area contributed by atoms with E-state index in [-0.39, 0.29) is 0 Å². The number of unbranched alkanes of at least 4 members (excludes halogenated alkanes) is 2. The number of nitrogens with zero attached hydrogens (tertiary/aromatic N) is 2. The number of hydrogen-bond acceptors (Lipinski definition) is 4. The molecule has 14 aromatic rings. The van der Waals surface area contributed by atoms with Crippen molar-refractivity contribution in [3.8, 4) is 44.9 Å². The standard InChI is InChI=1S/C94H76N2O2/c1-3-67-45-51-75(52-46-67)97-63-27-25-61-93(69-29-9-5-10-30-69)87-43-23-21-39-81(87)83-55-49-73(65-89(83)93)95(71-33-13-7-14-34-71)91-59-57-79(77-37-17-19-41-85(77)91)80-58-60-92(86-42-20-18-38-78(80)86)96(72-35-15-8-16-36-72)74-50-56-84-82-40-22-24-44-88(82)94(90(84)66-74,70-31-11-6-12-32-70)62-26-28-64-98-76-53-47-68(4-2)48-54-76/h3-24,29-60,65-66H,1-2,25-28,61-64H2. The summed E-state index contributed by atoms with van der Waals surface area (Å²) in [6.45, 7) is 9.14. The van der Waals surface area contributed by atoms with Crippen LogP contribution < -0.4 is 19.3 Å². The highest BCUT2D eigenvalue weighted by atomic mass is 16.5. The zero-order valence-electron chi connectivity index (χ0n) is 55.1. The summed E-state index contributed by atoms with van der Waals surface area (Å²) in [6, 6.07) is 121. The smallest absolute Gasteiger partial charge is 0.119 e. The molecule has 4 nitrogen and oxygen atoms in total. The van der Waals surface area contributed by atoms with Crippen LogP contribution in [0.25, 0.3) is 67.1 Å². The van der Waals surface area contributed by atoms with Gasteiger partial charge in [-0.2, -0.15) is 0 Å². The molecule has 0 amide bonds. The van der Waals surface area contributed by atoms with E-state index in [1.165, 1.54) is 77.5 Å². The first-order chi connectivity index (χ1) is 48.5. The van der Waals surface area contributed by atoms with Gasteiger partial charge in [0, 0.05) is 44.4 Å². The van der Waals surface area contributed by atoms with Gasteiger partial charge in [0.25, 0.3) is 0 Å². The van der Waals surface area contributed by atoms with Crippen LogP contribution in [-0.2, 0) is 10.8 Å². The third kappa shape index (κ3) is 11.0. The molecule has 0 radical (unpaired) electrons. The van der Waals surface area contributed by atoms with Gasteiger partial charge in [-0.15, -0.1) is 0 Å². The topological polar surface area (TPSA) is 24.9 Å². The molecule has 0 N–H and O–H groups in total. The third-order valence-electron chi connectivity index (χ3n) is 20.6. The molecule has 2 aliphatic carbocycles. The second kappa shape index (κ2) is 26.8. The van der Waals surface area contributed by atoms with Crippen molar-refractivity contribution in [3.63, 3.8) is 0 Å². The Bertz CT molecular complexity index is 4870. The molecule has 2 atom stereocenters. The lowest BCUT2D eigenvalue weighted by atomic mass is 9.69. The summed E-state index contributed by atoms with van der Waals surface area (Å²) in [7, 11) is 0. The van der Waals surface area contributed by atoms with E-state index in [9.17, 15) is 0 Å². The Morgan fingerprint density at radius 1 is 0.276 bits per heavy atom. The molecule has 0 heterocycles. The Kier molecular flexibility index (Phi) is 16.7. The van der Waals surface area contributed by atoms with Crippen LogP contribution in [0, 0.1) is 0 Å². The molecule has 0 spiro atoms. The molecule has 16 rings (SSSR count). The van der Waals surface area contributed by atoms with Gasteiger partial charge in [-0.3, -0.25) is 0 Å². The highest BCUT2D eigenvalue weighted by molar-refractivity contribution is 6.13. The van der Waals surface area contributed by atoms with Gasteiger partial charge >= 0.3 is 0 Å². The normalized spacial score (nSPS) is 14.8. The van der Waals surface area contributed by atoms with E-state index in [0.29, 0.717) is 13.2 Å². The van der Waals surface area contributed by atoms with Gasteiger partial charge in [0.15, 0.2) is 0 Å². The Hall–Kier alpha value is -11.7. The maximum atomic E-state index is 6.35. The quantitative estimate of drug-likeness (QED) is 0.0596. The van der Waals surface area contributed by atoms with E-state index < -0.39 is 10.8 Å². The second-order valence-corrected chi connectivity index (χ2v) is 25.9. The highest BCUT2D eigenvalue weighted by Crippen LogP contribution is 2.59. The van der Waals surface area contributed by atoms with Gasteiger partial charge in [-0.1, -0.05) is 268 Å². The summed E-state index contributed by atoms with van der Waals surface area (Å²) >= 11 is 0. The van der Waals surface area contributed by atoms with E-state index in [1.54, 1.807) is 0 Å². The third-order valence-corrected chi connectivity index (χ3v) is 20.6. The minimum absolute atomic E-state index is 0.401. The van der Waals surface area contributed by atoms with Crippen LogP contribution in [0.1, 0.15) is 83.0 Å². The van der Waals surface area contributed by atoms with Crippen molar-refractivity contribution in [2.24, 2.45) is 0 Å². The number of fused-ring (bicyclic) bond motifs is 8. The van der Waals surface area contributed by atoms with Gasteiger partial charge in [0.1, 0.15) is 11.5 Å². The summed E-state index contributed by atoms with van der Waals surface area (Å²) in [6.07, 6.45) is 9.34. The van der Waals surface area contributed by atoms with Crippen LogP contribution in [0.3, 0.4) is 0 Å². The summed E-state index contributed by atoms with van der Waals surface area (Å²) in [5.74, 6) is 1.77. The van der Waals surface area contributed by atoms with Crippen molar-refractivity contribution >= 4 is 67.8 Å². The first-order valence-electron chi connectivity index (χ1n) is 34.6. The maximum Gasteiger partial charge on any atom is 0.119 e. The summed E-state index contributed by atoms with van der Waals surface area (Å²) in [5, 5.41) is 4.69. The van der Waals surface area contributed by atoms with Crippen molar-refractivity contribution in [2.75, 3.05) is 23.0 Å². The molecule has 0 bridgehead atoms. The van der Waals surface area contributed by atoms with Crippen LogP contribution >= 0.6 is 0 Å². The Morgan fingerprint density at radius 3 is 1.01 bits per heavy atom. The molecular formula is C94H76N2O2. The van der Waals surface area contributed by atoms with Crippen molar-refractivity contribution < 1.29 is 9.47 Å². The predicted molar refractivity (Wildman–Crippen MR) is 412 cm³/mol. The minimum atomic E-state index is -0.401. The second-order valence-electron chi connectivity index (χ2n) is 25.9. The number of ether oxygens (including phenoxy) is 2. The molecule has 474 valence electrons. The summed E-state index contributed by atoms with van der Waals surface area (Å²) in [5.41, 5.74) is 23.4. The van der Waals surface area contributed by atoms with Crippen molar-refractivity contribution in [1.29, 1.82) is 0 Å².